The molecule has 0 amide bonds. The summed E-state index contributed by atoms with van der Waals surface area (Å²) in [6, 6.07) is 0. The van der Waals surface area contributed by atoms with Crippen LogP contribution in [0.2, 0.25) is 0 Å². The maximum absolute atomic E-state index is 13.1. The molecule has 0 aliphatic rings. The van der Waals surface area contributed by atoms with Crippen molar-refractivity contribution in [2.75, 3.05) is 39.6 Å². The van der Waals surface area contributed by atoms with E-state index in [-0.39, 0.29) is 25.7 Å². The average molecular weight is 1440 g/mol. The number of carbonyl (C=O) groups excluding carboxylic acids is 4. The molecule has 0 heterocycles. The molecule has 0 aliphatic carbocycles. The molecule has 0 bridgehead atoms. The van der Waals surface area contributed by atoms with Crippen molar-refractivity contribution in [1.29, 1.82) is 0 Å². The second kappa shape index (κ2) is 70.7. The molecule has 0 aromatic heterocycles. The average Bonchev–Trinajstić information content (AvgIpc) is 1.02. The maximum atomic E-state index is 13.1. The van der Waals surface area contributed by atoms with Crippen molar-refractivity contribution >= 4 is 39.5 Å². The first-order valence-electron chi connectivity index (χ1n) is 41.0. The van der Waals surface area contributed by atoms with Crippen LogP contribution in [-0.4, -0.2) is 96.7 Å². The van der Waals surface area contributed by atoms with Crippen molar-refractivity contribution in [3.05, 3.63) is 0 Å². The first-order chi connectivity index (χ1) is 47.4. The zero-order chi connectivity index (χ0) is 72.1. The van der Waals surface area contributed by atoms with Crippen molar-refractivity contribution in [1.82, 2.24) is 0 Å². The van der Waals surface area contributed by atoms with Crippen LogP contribution >= 0.6 is 15.6 Å². The van der Waals surface area contributed by atoms with Gasteiger partial charge in [0.1, 0.15) is 19.3 Å². The predicted molar refractivity (Wildman–Crippen MR) is 400 cm³/mol. The number of hydrogen-bond donors (Lipinski definition) is 3. The van der Waals surface area contributed by atoms with Crippen LogP contribution in [0.3, 0.4) is 0 Å². The zero-order valence-electron chi connectivity index (χ0n) is 64.1. The highest BCUT2D eigenvalue weighted by Crippen LogP contribution is 2.45. The molecule has 98 heavy (non-hydrogen) atoms. The lowest BCUT2D eigenvalue weighted by atomic mass is 10.0. The number of esters is 4. The summed E-state index contributed by atoms with van der Waals surface area (Å²) in [7, 11) is -9.92. The fourth-order valence-corrected chi connectivity index (χ4v) is 13.8. The third kappa shape index (κ3) is 72.4. The number of rotatable bonds is 78. The molecule has 0 rings (SSSR count). The highest BCUT2D eigenvalue weighted by molar-refractivity contribution is 7.47. The smallest absolute Gasteiger partial charge is 0.462 e. The van der Waals surface area contributed by atoms with Gasteiger partial charge in [-0.25, -0.2) is 9.13 Å². The number of phosphoric acid groups is 2. The molecule has 0 saturated heterocycles. The Hall–Kier alpha value is -1.94. The monoisotopic (exact) mass is 1440 g/mol. The summed E-state index contributed by atoms with van der Waals surface area (Å²) in [5.41, 5.74) is 0. The second-order valence-corrected chi connectivity index (χ2v) is 32.3. The number of phosphoric ester groups is 2. The van der Waals surface area contributed by atoms with Crippen LogP contribution in [0.4, 0.5) is 0 Å². The molecule has 3 N–H and O–H groups in total. The van der Waals surface area contributed by atoms with E-state index >= 15 is 0 Å². The van der Waals surface area contributed by atoms with E-state index in [2.05, 4.69) is 41.5 Å². The number of unbranched alkanes of at least 4 members (excludes halogenated alkanes) is 48. The van der Waals surface area contributed by atoms with Gasteiger partial charge in [0.05, 0.1) is 26.4 Å². The van der Waals surface area contributed by atoms with Gasteiger partial charge in [0.2, 0.25) is 0 Å². The number of aliphatic hydroxyl groups is 1. The minimum absolute atomic E-state index is 0.108. The lowest BCUT2D eigenvalue weighted by Crippen LogP contribution is -2.30. The van der Waals surface area contributed by atoms with Crippen molar-refractivity contribution in [2.45, 2.75) is 432 Å². The van der Waals surface area contributed by atoms with Crippen LogP contribution in [0, 0.1) is 11.8 Å². The Morgan fingerprint density at radius 2 is 0.469 bits per heavy atom. The normalized spacial score (nSPS) is 13.9. The summed E-state index contributed by atoms with van der Waals surface area (Å²) in [6.07, 6.45) is 59.4. The van der Waals surface area contributed by atoms with Gasteiger partial charge in [-0.2, -0.15) is 0 Å². The maximum Gasteiger partial charge on any atom is 0.472 e. The molecular weight excluding hydrogens is 1280 g/mol. The van der Waals surface area contributed by atoms with Crippen molar-refractivity contribution < 1.29 is 80.2 Å². The first-order valence-corrected chi connectivity index (χ1v) is 44.0. The molecule has 582 valence electrons. The van der Waals surface area contributed by atoms with Gasteiger partial charge in [0.15, 0.2) is 12.2 Å². The van der Waals surface area contributed by atoms with Gasteiger partial charge in [0, 0.05) is 25.7 Å². The van der Waals surface area contributed by atoms with Gasteiger partial charge in [-0.05, 0) is 37.5 Å². The fourth-order valence-electron chi connectivity index (χ4n) is 12.2. The molecular formula is C79H154O17P2. The third-order valence-corrected chi connectivity index (χ3v) is 20.4. The van der Waals surface area contributed by atoms with E-state index in [0.717, 1.165) is 102 Å². The second-order valence-electron chi connectivity index (χ2n) is 29.4. The van der Waals surface area contributed by atoms with E-state index < -0.39 is 97.5 Å². The van der Waals surface area contributed by atoms with Crippen molar-refractivity contribution in [2.24, 2.45) is 11.8 Å². The summed E-state index contributed by atoms with van der Waals surface area (Å²) >= 11 is 0. The van der Waals surface area contributed by atoms with Crippen LogP contribution < -0.4 is 0 Å². The molecule has 0 spiro atoms. The molecule has 5 atom stereocenters. The SMILES string of the molecule is CCCCCCCCCCCCCCCCCC(=O)O[C@H](COC(=O)CCCCCCCCCCCCC)COP(=O)(O)OC[C@H](O)COP(=O)(O)OC[C@@H](COC(=O)CCCCCCCCCCCCCCCC(C)C)OC(=O)CCCCCCCCCCCCCCCC(C)C. The minimum atomic E-state index is -4.96. The first kappa shape index (κ1) is 96.1. The Bertz CT molecular complexity index is 1890. The Kier molecular flexibility index (Phi) is 69.3. The van der Waals surface area contributed by atoms with E-state index in [4.69, 9.17) is 37.0 Å². The Morgan fingerprint density at radius 3 is 0.694 bits per heavy atom. The number of carbonyl (C=O) groups is 4. The Morgan fingerprint density at radius 1 is 0.276 bits per heavy atom. The molecule has 17 nitrogen and oxygen atoms in total. The topological polar surface area (TPSA) is 237 Å². The van der Waals surface area contributed by atoms with Gasteiger partial charge >= 0.3 is 39.5 Å². The standard InChI is InChI=1S/C79H154O17P2/c1-7-9-11-13-15-17-19-20-21-26-33-39-45-51-57-63-78(83)95-74(67-89-76(81)61-55-49-43-37-29-18-16-14-12-10-8-2)69-93-97(85,86)91-65-73(80)66-92-98(87,88)94-70-75(96-79(84)64-58-52-46-40-34-28-23-25-31-36-42-48-54-60-72(5)6)68-90-77(82)62-56-50-44-38-32-27-22-24-30-35-41-47-53-59-71(3)4/h71-75,80H,7-70H2,1-6H3,(H,85,86)(H,87,88)/t73-,74+,75+/m0/s1. The molecule has 0 saturated carbocycles. The summed E-state index contributed by atoms with van der Waals surface area (Å²) in [5.74, 6) is -0.531. The number of hydrogen-bond acceptors (Lipinski definition) is 15. The highest BCUT2D eigenvalue weighted by Gasteiger charge is 2.30. The molecule has 0 aliphatic heterocycles. The largest absolute Gasteiger partial charge is 0.472 e. The van der Waals surface area contributed by atoms with Crippen LogP contribution in [0.1, 0.15) is 414 Å². The molecule has 0 radical (unpaired) electrons. The zero-order valence-corrected chi connectivity index (χ0v) is 65.9. The van der Waals surface area contributed by atoms with E-state index in [1.165, 1.54) is 231 Å². The van der Waals surface area contributed by atoms with Crippen LogP contribution in [0.15, 0.2) is 0 Å². The van der Waals surface area contributed by atoms with Crippen LogP contribution in [0.5, 0.6) is 0 Å². The highest BCUT2D eigenvalue weighted by atomic mass is 31.2. The lowest BCUT2D eigenvalue weighted by Gasteiger charge is -2.21. The van der Waals surface area contributed by atoms with Gasteiger partial charge in [0.25, 0.3) is 0 Å². The molecule has 0 fully saturated rings. The lowest BCUT2D eigenvalue weighted by molar-refractivity contribution is -0.161. The van der Waals surface area contributed by atoms with E-state index in [1.807, 2.05) is 0 Å². The Labute approximate surface area is 600 Å². The van der Waals surface area contributed by atoms with Crippen molar-refractivity contribution in [3.8, 4) is 0 Å². The van der Waals surface area contributed by atoms with E-state index in [1.54, 1.807) is 0 Å². The van der Waals surface area contributed by atoms with Crippen molar-refractivity contribution in [3.63, 3.8) is 0 Å². The van der Waals surface area contributed by atoms with Gasteiger partial charge in [-0.3, -0.25) is 37.3 Å². The van der Waals surface area contributed by atoms with Gasteiger partial charge in [-0.1, -0.05) is 363 Å². The molecule has 0 aromatic rings. The molecule has 0 aromatic carbocycles. The fraction of sp³-hybridized carbons (Fsp3) is 0.949. The summed E-state index contributed by atoms with van der Waals surface area (Å²) in [4.78, 5) is 73.0. The van der Waals surface area contributed by atoms with Crippen LogP contribution in [0.25, 0.3) is 0 Å². The van der Waals surface area contributed by atoms with E-state index in [0.29, 0.717) is 25.7 Å². The summed E-state index contributed by atoms with van der Waals surface area (Å²) in [5, 5.41) is 10.6. The number of ether oxygens (including phenoxy) is 4. The van der Waals surface area contributed by atoms with Crippen LogP contribution in [-0.2, 0) is 65.4 Å². The summed E-state index contributed by atoms with van der Waals surface area (Å²) < 4.78 is 68.7. The molecule has 2 unspecified atom stereocenters. The summed E-state index contributed by atoms with van der Waals surface area (Å²) in [6.45, 7) is 9.66. The quantitative estimate of drug-likeness (QED) is 0.0222. The van der Waals surface area contributed by atoms with Gasteiger partial charge in [-0.15, -0.1) is 0 Å². The minimum Gasteiger partial charge on any atom is -0.462 e. The number of aliphatic hydroxyl groups excluding tert-OH is 1. The third-order valence-electron chi connectivity index (χ3n) is 18.5. The molecule has 19 heteroatoms. The van der Waals surface area contributed by atoms with E-state index in [9.17, 15) is 43.2 Å². The predicted octanol–water partition coefficient (Wildman–Crippen LogP) is 23.5. The van der Waals surface area contributed by atoms with Gasteiger partial charge < -0.3 is 33.8 Å². The Balaban J connectivity index is 5.26.